The van der Waals surface area contributed by atoms with E-state index in [9.17, 15) is 4.79 Å². The molecule has 5 nitrogen and oxygen atoms in total. The van der Waals surface area contributed by atoms with Crippen LogP contribution in [-0.2, 0) is 0 Å². The summed E-state index contributed by atoms with van der Waals surface area (Å²) in [5.74, 6) is -0.928. The zero-order valence-corrected chi connectivity index (χ0v) is 9.64. The number of aromatic carboxylic acids is 1. The highest BCUT2D eigenvalue weighted by molar-refractivity contribution is 5.92. The van der Waals surface area contributed by atoms with Crippen molar-refractivity contribution in [1.29, 1.82) is 0 Å². The molecule has 1 heterocycles. The second-order valence-corrected chi connectivity index (χ2v) is 3.95. The van der Waals surface area contributed by atoms with E-state index >= 15 is 0 Å². The van der Waals surface area contributed by atoms with Gasteiger partial charge in [0.05, 0.1) is 11.9 Å². The smallest absolute Gasteiger partial charge is 0.341 e. The second kappa shape index (κ2) is 3.93. The molecule has 0 saturated heterocycles. The molecule has 1 aromatic carbocycles. The largest absolute Gasteiger partial charge is 0.477 e. The molecular weight excluding hydrogens is 218 g/mol. The Hall–Kier alpha value is -2.30. The standard InChI is InChI=1S/C12H13N3O2/c1-7-3-4-10(8(2)5-7)15-11(13)9(6-14-15)12(16)17/h3-6H,13H2,1-2H3,(H,16,17). The van der Waals surface area contributed by atoms with E-state index in [2.05, 4.69) is 5.10 Å². The zero-order chi connectivity index (χ0) is 12.6. The van der Waals surface area contributed by atoms with Crippen LogP contribution in [0.15, 0.2) is 24.4 Å². The van der Waals surface area contributed by atoms with Crippen LogP contribution >= 0.6 is 0 Å². The van der Waals surface area contributed by atoms with E-state index in [1.807, 2.05) is 32.0 Å². The first-order valence-electron chi connectivity index (χ1n) is 5.15. The summed E-state index contributed by atoms with van der Waals surface area (Å²) >= 11 is 0. The van der Waals surface area contributed by atoms with E-state index in [1.165, 1.54) is 10.9 Å². The third-order valence-electron chi connectivity index (χ3n) is 2.62. The summed E-state index contributed by atoms with van der Waals surface area (Å²) in [5.41, 5.74) is 8.71. The van der Waals surface area contributed by atoms with Gasteiger partial charge in [0.1, 0.15) is 11.4 Å². The third kappa shape index (κ3) is 1.87. The van der Waals surface area contributed by atoms with Gasteiger partial charge in [-0.2, -0.15) is 5.10 Å². The van der Waals surface area contributed by atoms with Crippen LogP contribution in [0.5, 0.6) is 0 Å². The average Bonchev–Trinajstić information content (AvgIpc) is 2.60. The van der Waals surface area contributed by atoms with Crippen molar-refractivity contribution in [2.75, 3.05) is 5.73 Å². The van der Waals surface area contributed by atoms with Gasteiger partial charge in [-0.25, -0.2) is 9.48 Å². The molecule has 0 aliphatic carbocycles. The van der Waals surface area contributed by atoms with Crippen molar-refractivity contribution in [1.82, 2.24) is 9.78 Å². The maximum absolute atomic E-state index is 10.9. The number of carbonyl (C=O) groups is 1. The van der Waals surface area contributed by atoms with Crippen LogP contribution in [0.4, 0.5) is 5.82 Å². The van der Waals surface area contributed by atoms with Gasteiger partial charge in [-0.3, -0.25) is 0 Å². The third-order valence-corrected chi connectivity index (χ3v) is 2.62. The molecule has 0 bridgehead atoms. The lowest BCUT2D eigenvalue weighted by Crippen LogP contribution is -2.06. The molecule has 0 amide bonds. The van der Waals surface area contributed by atoms with Crippen molar-refractivity contribution in [3.05, 3.63) is 41.1 Å². The minimum atomic E-state index is -1.07. The maximum atomic E-state index is 10.9. The number of hydrogen-bond acceptors (Lipinski definition) is 3. The normalized spacial score (nSPS) is 10.5. The van der Waals surface area contributed by atoms with Crippen LogP contribution in [0.3, 0.4) is 0 Å². The van der Waals surface area contributed by atoms with Crippen LogP contribution < -0.4 is 5.73 Å². The van der Waals surface area contributed by atoms with Gasteiger partial charge in [-0.15, -0.1) is 0 Å². The fraction of sp³-hybridized carbons (Fsp3) is 0.167. The van der Waals surface area contributed by atoms with Gasteiger partial charge in [-0.1, -0.05) is 17.7 Å². The van der Waals surface area contributed by atoms with Crippen molar-refractivity contribution in [2.24, 2.45) is 0 Å². The number of hydrogen-bond donors (Lipinski definition) is 2. The summed E-state index contributed by atoms with van der Waals surface area (Å²) in [7, 11) is 0. The summed E-state index contributed by atoms with van der Waals surface area (Å²) in [5, 5.41) is 12.9. The van der Waals surface area contributed by atoms with Crippen LogP contribution in [0.25, 0.3) is 5.69 Å². The van der Waals surface area contributed by atoms with Gasteiger partial charge in [0.25, 0.3) is 0 Å². The van der Waals surface area contributed by atoms with Gasteiger partial charge < -0.3 is 10.8 Å². The molecule has 0 spiro atoms. The van der Waals surface area contributed by atoms with E-state index in [-0.39, 0.29) is 11.4 Å². The Labute approximate surface area is 98.5 Å². The second-order valence-electron chi connectivity index (χ2n) is 3.95. The molecule has 0 aliphatic rings. The number of aromatic nitrogens is 2. The van der Waals surface area contributed by atoms with Crippen LogP contribution in [0.1, 0.15) is 21.5 Å². The van der Waals surface area contributed by atoms with Crippen molar-refractivity contribution in [2.45, 2.75) is 13.8 Å². The molecule has 0 saturated carbocycles. The number of nitrogen functional groups attached to an aromatic ring is 1. The highest BCUT2D eigenvalue weighted by Gasteiger charge is 2.15. The number of benzene rings is 1. The lowest BCUT2D eigenvalue weighted by atomic mass is 10.1. The van der Waals surface area contributed by atoms with E-state index in [0.29, 0.717) is 0 Å². The lowest BCUT2D eigenvalue weighted by molar-refractivity contribution is 0.0698. The molecule has 0 atom stereocenters. The number of carboxylic acids is 1. The first-order valence-corrected chi connectivity index (χ1v) is 5.15. The van der Waals surface area contributed by atoms with Gasteiger partial charge in [0, 0.05) is 0 Å². The SMILES string of the molecule is Cc1ccc(-n2ncc(C(=O)O)c2N)c(C)c1. The highest BCUT2D eigenvalue weighted by Crippen LogP contribution is 2.20. The Morgan fingerprint density at radius 3 is 2.65 bits per heavy atom. The number of nitrogens with two attached hydrogens (primary N) is 1. The fourth-order valence-electron chi connectivity index (χ4n) is 1.76. The molecule has 88 valence electrons. The first kappa shape index (κ1) is 11.2. The summed E-state index contributed by atoms with van der Waals surface area (Å²) in [6, 6.07) is 5.81. The van der Waals surface area contributed by atoms with Gasteiger partial charge in [-0.05, 0) is 25.5 Å². The van der Waals surface area contributed by atoms with Crippen LogP contribution in [-0.4, -0.2) is 20.9 Å². The number of carboxylic acid groups (broad SMARTS) is 1. The minimum Gasteiger partial charge on any atom is -0.477 e. The van der Waals surface area contributed by atoms with Crippen molar-refractivity contribution >= 4 is 11.8 Å². The Kier molecular flexibility index (Phi) is 2.59. The first-order chi connectivity index (χ1) is 8.00. The Morgan fingerprint density at radius 2 is 2.12 bits per heavy atom. The Bertz CT molecular complexity index is 587. The van der Waals surface area contributed by atoms with Gasteiger partial charge in [0.15, 0.2) is 0 Å². The molecule has 3 N–H and O–H groups in total. The number of anilines is 1. The molecule has 5 heteroatoms. The van der Waals surface area contributed by atoms with Crippen molar-refractivity contribution in [3.8, 4) is 5.69 Å². The molecule has 0 aliphatic heterocycles. The Balaban J connectivity index is 2.57. The average molecular weight is 231 g/mol. The molecule has 0 fully saturated rings. The number of rotatable bonds is 2. The molecule has 2 aromatic rings. The van der Waals surface area contributed by atoms with Gasteiger partial charge >= 0.3 is 5.97 Å². The van der Waals surface area contributed by atoms with E-state index < -0.39 is 5.97 Å². The van der Waals surface area contributed by atoms with E-state index in [1.54, 1.807) is 0 Å². The van der Waals surface area contributed by atoms with Gasteiger partial charge in [0.2, 0.25) is 0 Å². The van der Waals surface area contributed by atoms with Crippen molar-refractivity contribution < 1.29 is 9.90 Å². The predicted octanol–water partition coefficient (Wildman–Crippen LogP) is 1.77. The van der Waals surface area contributed by atoms with E-state index in [4.69, 9.17) is 10.8 Å². The topological polar surface area (TPSA) is 81.1 Å². The quantitative estimate of drug-likeness (QED) is 0.825. The molecule has 17 heavy (non-hydrogen) atoms. The molecule has 0 unspecified atom stereocenters. The molecule has 2 rings (SSSR count). The van der Waals surface area contributed by atoms with E-state index in [0.717, 1.165) is 16.8 Å². The monoisotopic (exact) mass is 231 g/mol. The van der Waals surface area contributed by atoms with Crippen molar-refractivity contribution in [3.63, 3.8) is 0 Å². The molecule has 0 radical (unpaired) electrons. The maximum Gasteiger partial charge on any atom is 0.341 e. The summed E-state index contributed by atoms with van der Waals surface area (Å²) in [4.78, 5) is 10.9. The summed E-state index contributed by atoms with van der Waals surface area (Å²) < 4.78 is 1.44. The molecule has 1 aromatic heterocycles. The van der Waals surface area contributed by atoms with Crippen LogP contribution in [0.2, 0.25) is 0 Å². The fourth-order valence-corrected chi connectivity index (χ4v) is 1.76. The number of nitrogens with zero attached hydrogens (tertiary/aromatic N) is 2. The molecular formula is C12H13N3O2. The number of aryl methyl sites for hydroxylation is 2. The lowest BCUT2D eigenvalue weighted by Gasteiger charge is -2.08. The van der Waals surface area contributed by atoms with Crippen LogP contribution in [0, 0.1) is 13.8 Å². The predicted molar refractivity (Wildman–Crippen MR) is 64.4 cm³/mol. The Morgan fingerprint density at radius 1 is 1.41 bits per heavy atom. The zero-order valence-electron chi connectivity index (χ0n) is 9.64. The highest BCUT2D eigenvalue weighted by atomic mass is 16.4. The summed E-state index contributed by atoms with van der Waals surface area (Å²) in [6.07, 6.45) is 1.26. The minimum absolute atomic E-state index is 0.0185. The summed E-state index contributed by atoms with van der Waals surface area (Å²) in [6.45, 7) is 3.93.